The third kappa shape index (κ3) is 4.65. The fourth-order valence-corrected chi connectivity index (χ4v) is 4.53. The van der Waals surface area contributed by atoms with E-state index in [1.807, 2.05) is 6.07 Å². The van der Waals surface area contributed by atoms with Gasteiger partial charge in [-0.2, -0.15) is 0 Å². The van der Waals surface area contributed by atoms with E-state index < -0.39 is 0 Å². The highest BCUT2D eigenvalue weighted by molar-refractivity contribution is 5.95. The van der Waals surface area contributed by atoms with Gasteiger partial charge in [0.15, 0.2) is 0 Å². The molecule has 3 fully saturated rings. The number of piperidine rings is 1. The van der Waals surface area contributed by atoms with Gasteiger partial charge in [0.1, 0.15) is 0 Å². The topological polar surface area (TPSA) is 44.4 Å². The number of halogens is 2. The molecule has 0 aromatic heterocycles. The van der Waals surface area contributed by atoms with Gasteiger partial charge < -0.3 is 15.5 Å². The summed E-state index contributed by atoms with van der Waals surface area (Å²) in [5, 5.41) is 6.59. The number of nitrogens with one attached hydrogen (secondary N) is 2. The number of amides is 1. The van der Waals surface area contributed by atoms with Gasteiger partial charge in [-0.25, -0.2) is 0 Å². The molecule has 0 bridgehead atoms. The molecule has 1 unspecified atom stereocenters. The Labute approximate surface area is 169 Å². The Morgan fingerprint density at radius 2 is 1.77 bits per heavy atom. The van der Waals surface area contributed by atoms with Crippen LogP contribution in [0.3, 0.4) is 0 Å². The number of anilines is 2. The Morgan fingerprint density at radius 1 is 1.08 bits per heavy atom. The molecule has 2 saturated heterocycles. The zero-order chi connectivity index (χ0) is 16.4. The molecule has 1 amide bonds. The maximum absolute atomic E-state index is 12.6. The van der Waals surface area contributed by atoms with Crippen LogP contribution in [0.15, 0.2) is 24.3 Å². The van der Waals surface area contributed by atoms with Crippen molar-refractivity contribution in [3.63, 3.8) is 0 Å². The number of rotatable bonds is 3. The Balaban J connectivity index is 0.00000121. The van der Waals surface area contributed by atoms with Crippen molar-refractivity contribution in [1.82, 2.24) is 5.32 Å². The van der Waals surface area contributed by atoms with E-state index in [1.54, 1.807) is 0 Å². The average Bonchev–Trinajstić information content (AvgIpc) is 3.35. The molecular formula is C20H31Cl2N3O. The van der Waals surface area contributed by atoms with Crippen LogP contribution in [0.2, 0.25) is 0 Å². The fraction of sp³-hybridized carbons (Fsp3) is 0.650. The lowest BCUT2D eigenvalue weighted by molar-refractivity contribution is -0.118. The van der Waals surface area contributed by atoms with Crippen LogP contribution in [-0.4, -0.2) is 32.1 Å². The van der Waals surface area contributed by atoms with E-state index >= 15 is 0 Å². The molecule has 26 heavy (non-hydrogen) atoms. The van der Waals surface area contributed by atoms with Crippen molar-refractivity contribution in [3.05, 3.63) is 24.3 Å². The third-order valence-electron chi connectivity index (χ3n) is 6.19. The lowest BCUT2D eigenvalue weighted by Crippen LogP contribution is -2.31. The minimum Gasteiger partial charge on any atom is -0.371 e. The van der Waals surface area contributed by atoms with E-state index in [0.717, 1.165) is 51.1 Å². The molecule has 3 aliphatic rings. The second kappa shape index (κ2) is 9.29. The number of carbonyl (C=O) groups is 1. The van der Waals surface area contributed by atoms with Crippen molar-refractivity contribution in [3.8, 4) is 0 Å². The number of benzene rings is 1. The summed E-state index contributed by atoms with van der Waals surface area (Å²) in [5.41, 5.74) is 2.51. The molecule has 1 atom stereocenters. The number of carbonyl (C=O) groups excluding carboxylic acids is 1. The second-order valence-corrected chi connectivity index (χ2v) is 7.81. The quantitative estimate of drug-likeness (QED) is 0.798. The number of nitrogens with zero attached hydrogens (tertiary/aromatic N) is 1. The molecule has 2 heterocycles. The predicted octanol–water partition coefficient (Wildman–Crippen LogP) is 4.24. The van der Waals surface area contributed by atoms with E-state index in [-0.39, 0.29) is 36.6 Å². The summed E-state index contributed by atoms with van der Waals surface area (Å²) < 4.78 is 0. The van der Waals surface area contributed by atoms with Gasteiger partial charge in [0.25, 0.3) is 0 Å². The van der Waals surface area contributed by atoms with E-state index in [0.29, 0.717) is 5.41 Å². The molecule has 146 valence electrons. The highest BCUT2D eigenvalue weighted by atomic mass is 35.5. The Kier molecular flexibility index (Phi) is 7.63. The summed E-state index contributed by atoms with van der Waals surface area (Å²) in [7, 11) is 0. The van der Waals surface area contributed by atoms with Crippen molar-refractivity contribution < 1.29 is 4.79 Å². The summed E-state index contributed by atoms with van der Waals surface area (Å²) in [5.74, 6) is 0.450. The van der Waals surface area contributed by atoms with Crippen LogP contribution >= 0.6 is 24.8 Å². The highest BCUT2D eigenvalue weighted by Crippen LogP contribution is 2.58. The molecule has 1 saturated carbocycles. The molecule has 1 aliphatic carbocycles. The Morgan fingerprint density at radius 3 is 2.46 bits per heavy atom. The zero-order valence-corrected chi connectivity index (χ0v) is 17.0. The summed E-state index contributed by atoms with van der Waals surface area (Å²) in [6, 6.07) is 8.42. The summed E-state index contributed by atoms with van der Waals surface area (Å²) >= 11 is 0. The SMILES string of the molecule is Cl.Cl.O=C(Nc1cccc(N2CCCCCC2)c1)C1CC12CCNCC2. The third-order valence-corrected chi connectivity index (χ3v) is 6.19. The maximum Gasteiger partial charge on any atom is 0.228 e. The summed E-state index contributed by atoms with van der Waals surface area (Å²) in [6.45, 7) is 4.40. The van der Waals surface area contributed by atoms with Crippen molar-refractivity contribution >= 4 is 42.1 Å². The molecule has 2 N–H and O–H groups in total. The number of hydrogen-bond donors (Lipinski definition) is 2. The molecule has 1 aromatic rings. The second-order valence-electron chi connectivity index (χ2n) is 7.81. The summed E-state index contributed by atoms with van der Waals surface area (Å²) in [6.07, 6.45) is 8.60. The number of hydrogen-bond acceptors (Lipinski definition) is 3. The first kappa shape index (κ1) is 21.3. The van der Waals surface area contributed by atoms with Crippen LogP contribution in [0.25, 0.3) is 0 Å². The Bertz CT molecular complexity index is 596. The van der Waals surface area contributed by atoms with Crippen molar-refractivity contribution in [1.29, 1.82) is 0 Å². The first-order chi connectivity index (χ1) is 11.8. The van der Waals surface area contributed by atoms with Gasteiger partial charge in [0.05, 0.1) is 0 Å². The molecule has 4 nitrogen and oxygen atoms in total. The first-order valence-corrected chi connectivity index (χ1v) is 9.63. The van der Waals surface area contributed by atoms with Crippen LogP contribution in [0.5, 0.6) is 0 Å². The normalized spacial score (nSPS) is 24.0. The van der Waals surface area contributed by atoms with E-state index in [2.05, 4.69) is 33.7 Å². The summed E-state index contributed by atoms with van der Waals surface area (Å²) in [4.78, 5) is 15.1. The van der Waals surface area contributed by atoms with E-state index in [1.165, 1.54) is 31.4 Å². The van der Waals surface area contributed by atoms with Crippen molar-refractivity contribution in [2.45, 2.75) is 44.9 Å². The van der Waals surface area contributed by atoms with Gasteiger partial charge in [-0.3, -0.25) is 4.79 Å². The van der Waals surface area contributed by atoms with Crippen LogP contribution in [0.4, 0.5) is 11.4 Å². The van der Waals surface area contributed by atoms with Crippen LogP contribution < -0.4 is 15.5 Å². The first-order valence-electron chi connectivity index (χ1n) is 9.63. The molecule has 4 rings (SSSR count). The lowest BCUT2D eigenvalue weighted by atomic mass is 9.92. The smallest absolute Gasteiger partial charge is 0.228 e. The van der Waals surface area contributed by atoms with Crippen LogP contribution in [0, 0.1) is 11.3 Å². The van der Waals surface area contributed by atoms with Crippen LogP contribution in [0.1, 0.15) is 44.9 Å². The largest absolute Gasteiger partial charge is 0.371 e. The Hall–Kier alpha value is -0.970. The minimum absolute atomic E-state index is 0. The highest BCUT2D eigenvalue weighted by Gasteiger charge is 2.57. The van der Waals surface area contributed by atoms with Gasteiger partial charge in [-0.1, -0.05) is 18.9 Å². The standard InChI is InChI=1S/C20H29N3O.2ClH/c24-19(18-15-20(18)8-10-21-11-9-20)22-16-6-5-7-17(14-16)23-12-3-1-2-4-13-23;;/h5-7,14,18,21H,1-4,8-13,15H2,(H,22,24);2*1H. The van der Waals surface area contributed by atoms with Crippen molar-refractivity contribution in [2.75, 3.05) is 36.4 Å². The van der Waals surface area contributed by atoms with Crippen molar-refractivity contribution in [2.24, 2.45) is 11.3 Å². The zero-order valence-electron chi connectivity index (χ0n) is 15.3. The monoisotopic (exact) mass is 399 g/mol. The van der Waals surface area contributed by atoms with Crippen LogP contribution in [-0.2, 0) is 4.79 Å². The molecule has 6 heteroatoms. The fourth-order valence-electron chi connectivity index (χ4n) is 4.53. The predicted molar refractivity (Wildman–Crippen MR) is 113 cm³/mol. The van der Waals surface area contributed by atoms with Gasteiger partial charge in [-0.15, -0.1) is 24.8 Å². The lowest BCUT2D eigenvalue weighted by Gasteiger charge is -2.24. The molecule has 1 aromatic carbocycles. The van der Waals surface area contributed by atoms with Gasteiger partial charge in [0, 0.05) is 30.4 Å². The average molecular weight is 400 g/mol. The van der Waals surface area contributed by atoms with Gasteiger partial charge >= 0.3 is 0 Å². The van der Waals surface area contributed by atoms with Gasteiger partial charge in [0.2, 0.25) is 5.91 Å². The van der Waals surface area contributed by atoms with Gasteiger partial charge in [-0.05, 0) is 68.8 Å². The maximum atomic E-state index is 12.6. The van der Waals surface area contributed by atoms with E-state index in [4.69, 9.17) is 0 Å². The minimum atomic E-state index is 0. The molecule has 1 spiro atoms. The molecular weight excluding hydrogens is 369 g/mol. The van der Waals surface area contributed by atoms with E-state index in [9.17, 15) is 4.79 Å². The molecule has 0 radical (unpaired) electrons. The molecule has 2 aliphatic heterocycles.